The SMILES string of the molecule is CC1CCC[C@H](NC(=O)OC(C)(C)C)c2cc(ccn2)-n2nc(C(=O)O)cc2NC1=O. The highest BCUT2D eigenvalue weighted by Crippen LogP contribution is 2.26. The van der Waals surface area contributed by atoms with Gasteiger partial charge in [0.15, 0.2) is 5.69 Å². The lowest BCUT2D eigenvalue weighted by molar-refractivity contribution is -0.119. The van der Waals surface area contributed by atoms with E-state index in [4.69, 9.17) is 4.74 Å². The standard InChI is InChI=1S/C21H27N5O5/c1-12-6-5-7-14(23-20(30)31-21(2,3)4)15-10-13(8-9-22-15)26-17(24-18(12)27)11-16(25-26)19(28)29/h8-12,14H,5-7H2,1-4H3,(H,23,30)(H,24,27)(H,28,29)/t12?,14-/m0/s1. The number of aromatic nitrogens is 3. The minimum Gasteiger partial charge on any atom is -0.476 e. The first-order chi connectivity index (χ1) is 14.5. The molecule has 0 aromatic carbocycles. The number of aromatic carboxylic acids is 1. The molecule has 3 heterocycles. The Morgan fingerprint density at radius 2 is 2.03 bits per heavy atom. The maximum absolute atomic E-state index is 12.6. The van der Waals surface area contributed by atoms with Gasteiger partial charge in [0.2, 0.25) is 5.91 Å². The van der Waals surface area contributed by atoms with Gasteiger partial charge in [-0.2, -0.15) is 5.10 Å². The van der Waals surface area contributed by atoms with Gasteiger partial charge in [0.1, 0.15) is 11.4 Å². The molecule has 0 saturated carbocycles. The Balaban J connectivity index is 2.02. The van der Waals surface area contributed by atoms with Crippen LogP contribution in [0.2, 0.25) is 0 Å². The summed E-state index contributed by atoms with van der Waals surface area (Å²) in [5.41, 5.74) is 0.257. The van der Waals surface area contributed by atoms with Crippen LogP contribution in [0.1, 0.15) is 69.2 Å². The van der Waals surface area contributed by atoms with Gasteiger partial charge in [-0.25, -0.2) is 14.3 Å². The minimum atomic E-state index is -1.20. The smallest absolute Gasteiger partial charge is 0.408 e. The van der Waals surface area contributed by atoms with Gasteiger partial charge in [0, 0.05) is 18.2 Å². The van der Waals surface area contributed by atoms with E-state index in [0.717, 1.165) is 0 Å². The molecule has 2 bridgehead atoms. The summed E-state index contributed by atoms with van der Waals surface area (Å²) in [5.74, 6) is -1.50. The van der Waals surface area contributed by atoms with Crippen molar-refractivity contribution in [3.05, 3.63) is 35.8 Å². The van der Waals surface area contributed by atoms with E-state index >= 15 is 0 Å². The van der Waals surface area contributed by atoms with Crippen LogP contribution in [0.15, 0.2) is 24.4 Å². The van der Waals surface area contributed by atoms with Crippen LogP contribution in [-0.2, 0) is 9.53 Å². The maximum atomic E-state index is 12.6. The highest BCUT2D eigenvalue weighted by atomic mass is 16.6. The molecular formula is C21H27N5O5. The predicted molar refractivity (Wildman–Crippen MR) is 112 cm³/mol. The molecule has 10 nitrogen and oxygen atoms in total. The first kappa shape index (κ1) is 22.3. The third-order valence-corrected chi connectivity index (χ3v) is 4.81. The van der Waals surface area contributed by atoms with Crippen molar-refractivity contribution in [2.24, 2.45) is 5.92 Å². The van der Waals surface area contributed by atoms with Crippen molar-refractivity contribution in [1.82, 2.24) is 20.1 Å². The molecule has 1 aliphatic heterocycles. The van der Waals surface area contributed by atoms with Crippen LogP contribution in [0.25, 0.3) is 5.69 Å². The second-order valence-electron chi connectivity index (χ2n) is 8.59. The average molecular weight is 429 g/mol. The molecule has 31 heavy (non-hydrogen) atoms. The van der Waals surface area contributed by atoms with Crippen LogP contribution >= 0.6 is 0 Å². The fourth-order valence-corrected chi connectivity index (χ4v) is 3.28. The van der Waals surface area contributed by atoms with E-state index in [-0.39, 0.29) is 23.3 Å². The molecule has 2 aromatic heterocycles. The van der Waals surface area contributed by atoms with Crippen molar-refractivity contribution in [2.75, 3.05) is 5.32 Å². The summed E-state index contributed by atoms with van der Waals surface area (Å²) in [6.45, 7) is 7.15. The van der Waals surface area contributed by atoms with E-state index in [1.807, 2.05) is 0 Å². The lowest BCUT2D eigenvalue weighted by atomic mass is 9.98. The number of amides is 2. The van der Waals surface area contributed by atoms with Gasteiger partial charge in [-0.15, -0.1) is 0 Å². The number of carboxylic acids is 1. The summed E-state index contributed by atoms with van der Waals surface area (Å²) in [7, 11) is 0. The number of nitrogens with zero attached hydrogens (tertiary/aromatic N) is 3. The highest BCUT2D eigenvalue weighted by Gasteiger charge is 2.25. The monoisotopic (exact) mass is 429 g/mol. The summed E-state index contributed by atoms with van der Waals surface area (Å²) in [6.07, 6.45) is 2.80. The van der Waals surface area contributed by atoms with Gasteiger partial charge in [0.25, 0.3) is 0 Å². The summed E-state index contributed by atoms with van der Waals surface area (Å²) in [6, 6.07) is 4.23. The second-order valence-corrected chi connectivity index (χ2v) is 8.59. The lowest BCUT2D eigenvalue weighted by Crippen LogP contribution is -2.35. The van der Waals surface area contributed by atoms with E-state index in [2.05, 4.69) is 20.7 Å². The summed E-state index contributed by atoms with van der Waals surface area (Å²) < 4.78 is 6.74. The number of carbonyl (C=O) groups excluding carboxylic acids is 2. The summed E-state index contributed by atoms with van der Waals surface area (Å²) in [4.78, 5) is 40.8. The molecule has 1 unspecified atom stereocenters. The molecule has 0 aliphatic carbocycles. The number of hydrogen-bond donors (Lipinski definition) is 3. The van der Waals surface area contributed by atoms with E-state index in [0.29, 0.717) is 30.6 Å². The van der Waals surface area contributed by atoms with Crippen molar-refractivity contribution >= 4 is 23.8 Å². The van der Waals surface area contributed by atoms with Crippen molar-refractivity contribution in [3.63, 3.8) is 0 Å². The Labute approximate surface area is 180 Å². The number of nitrogens with one attached hydrogen (secondary N) is 2. The Morgan fingerprint density at radius 1 is 1.29 bits per heavy atom. The number of carboxylic acid groups (broad SMARTS) is 1. The second kappa shape index (κ2) is 8.75. The molecule has 0 fully saturated rings. The number of rotatable bonds is 2. The molecule has 2 atom stereocenters. The molecule has 166 valence electrons. The van der Waals surface area contributed by atoms with Gasteiger partial charge >= 0.3 is 12.1 Å². The van der Waals surface area contributed by atoms with Crippen molar-refractivity contribution in [3.8, 4) is 5.69 Å². The topological polar surface area (TPSA) is 135 Å². The van der Waals surface area contributed by atoms with Gasteiger partial charge in [-0.3, -0.25) is 9.78 Å². The fourth-order valence-electron chi connectivity index (χ4n) is 3.28. The quantitative estimate of drug-likeness (QED) is 0.666. The van der Waals surface area contributed by atoms with Crippen molar-refractivity contribution < 1.29 is 24.2 Å². The summed E-state index contributed by atoms with van der Waals surface area (Å²) in [5, 5.41) is 19.1. The number of ether oxygens (including phenoxy) is 1. The fraction of sp³-hybridized carbons (Fsp3) is 0.476. The van der Waals surface area contributed by atoms with Crippen LogP contribution < -0.4 is 10.6 Å². The molecule has 0 radical (unpaired) electrons. The third-order valence-electron chi connectivity index (χ3n) is 4.81. The summed E-state index contributed by atoms with van der Waals surface area (Å²) >= 11 is 0. The first-order valence-electron chi connectivity index (χ1n) is 10.1. The molecule has 3 rings (SSSR count). The van der Waals surface area contributed by atoms with Crippen LogP contribution in [0.4, 0.5) is 10.6 Å². The Kier molecular flexibility index (Phi) is 6.28. The van der Waals surface area contributed by atoms with E-state index in [1.165, 1.54) is 10.7 Å². The van der Waals surface area contributed by atoms with Gasteiger partial charge in [-0.05, 0) is 45.7 Å². The van der Waals surface area contributed by atoms with E-state index in [1.54, 1.807) is 46.0 Å². The number of anilines is 1. The molecular weight excluding hydrogens is 402 g/mol. The molecule has 2 aromatic rings. The zero-order valence-corrected chi connectivity index (χ0v) is 18.0. The lowest BCUT2D eigenvalue weighted by Gasteiger charge is -2.24. The highest BCUT2D eigenvalue weighted by molar-refractivity contribution is 5.94. The maximum Gasteiger partial charge on any atom is 0.408 e. The Hall–Kier alpha value is -3.43. The van der Waals surface area contributed by atoms with Gasteiger partial charge < -0.3 is 20.5 Å². The largest absolute Gasteiger partial charge is 0.476 e. The number of alkyl carbamates (subject to hydrolysis) is 1. The van der Waals surface area contributed by atoms with Crippen LogP contribution in [0.3, 0.4) is 0 Å². The molecule has 10 heteroatoms. The van der Waals surface area contributed by atoms with Crippen LogP contribution in [-0.4, -0.2) is 43.4 Å². The third kappa shape index (κ3) is 5.59. The predicted octanol–water partition coefficient (Wildman–Crippen LogP) is 3.29. The van der Waals surface area contributed by atoms with Gasteiger partial charge in [-0.1, -0.05) is 13.3 Å². The van der Waals surface area contributed by atoms with E-state index < -0.39 is 23.7 Å². The van der Waals surface area contributed by atoms with E-state index in [9.17, 15) is 19.5 Å². The van der Waals surface area contributed by atoms with Crippen molar-refractivity contribution in [1.29, 1.82) is 0 Å². The minimum absolute atomic E-state index is 0.195. The molecule has 2 amide bonds. The average Bonchev–Trinajstić information content (AvgIpc) is 3.09. The normalized spacial score (nSPS) is 19.3. The first-order valence-corrected chi connectivity index (χ1v) is 10.1. The van der Waals surface area contributed by atoms with Gasteiger partial charge in [0.05, 0.1) is 17.4 Å². The number of carbonyl (C=O) groups is 3. The molecule has 0 saturated heterocycles. The zero-order chi connectivity index (χ0) is 22.8. The molecule has 1 aliphatic rings. The number of hydrogen-bond acceptors (Lipinski definition) is 6. The molecule has 0 spiro atoms. The van der Waals surface area contributed by atoms with Crippen LogP contribution in [0, 0.1) is 5.92 Å². The Bertz CT molecular complexity index is 994. The zero-order valence-electron chi connectivity index (χ0n) is 18.0. The van der Waals surface area contributed by atoms with Crippen molar-refractivity contribution in [2.45, 2.75) is 58.6 Å². The van der Waals surface area contributed by atoms with Crippen LogP contribution in [0.5, 0.6) is 0 Å². The number of fused-ring (bicyclic) bond motifs is 4. The molecule has 3 N–H and O–H groups in total. The number of pyridine rings is 1. The Morgan fingerprint density at radius 3 is 2.71 bits per heavy atom.